The number of ether oxygens (including phenoxy) is 1. The van der Waals surface area contributed by atoms with E-state index in [1.54, 1.807) is 0 Å². The van der Waals surface area contributed by atoms with Crippen LogP contribution in [0.2, 0.25) is 0 Å². The normalized spacial score (nSPS) is 19.9. The molecule has 4 aromatic rings. The van der Waals surface area contributed by atoms with Crippen LogP contribution in [0.15, 0.2) is 71.9 Å². The predicted molar refractivity (Wildman–Crippen MR) is 195 cm³/mol. The number of nitrogens with zero attached hydrogens (tertiary/aromatic N) is 5. The summed E-state index contributed by atoms with van der Waals surface area (Å²) in [5.74, 6) is 2.11. The summed E-state index contributed by atoms with van der Waals surface area (Å²) in [6, 6.07) is 19.4. The van der Waals surface area contributed by atoms with Crippen molar-refractivity contribution in [3.05, 3.63) is 89.4 Å². The monoisotopic (exact) mass is 682 g/mol. The van der Waals surface area contributed by atoms with Gasteiger partial charge in [-0.1, -0.05) is 57.2 Å². The van der Waals surface area contributed by atoms with Gasteiger partial charge in [0, 0.05) is 18.4 Å². The van der Waals surface area contributed by atoms with Gasteiger partial charge in [-0.25, -0.2) is 9.79 Å². The molecule has 3 atom stereocenters. The van der Waals surface area contributed by atoms with E-state index in [1.165, 1.54) is 12.0 Å². The third-order valence-corrected chi connectivity index (χ3v) is 9.62. The molecule has 12 heteroatoms. The molecule has 3 heterocycles. The number of nitrogens with one attached hydrogen (secondary N) is 3. The Bertz CT molecular complexity index is 1830. The summed E-state index contributed by atoms with van der Waals surface area (Å²) in [4.78, 5) is 20.7. The molecule has 0 saturated carbocycles. The van der Waals surface area contributed by atoms with Crippen LogP contribution in [-0.4, -0.2) is 56.9 Å². The van der Waals surface area contributed by atoms with Crippen LogP contribution < -0.4 is 15.4 Å². The quantitative estimate of drug-likeness (QED) is 0.0887. The topological polar surface area (TPSA) is 129 Å². The molecule has 3 unspecified atom stereocenters. The number of pyridine rings is 1. The van der Waals surface area contributed by atoms with Crippen molar-refractivity contribution in [2.75, 3.05) is 19.8 Å². The number of amidine groups is 1. The smallest absolute Gasteiger partial charge is 0.320 e. The molecule has 49 heavy (non-hydrogen) atoms. The number of amides is 2. The summed E-state index contributed by atoms with van der Waals surface area (Å²) in [6.07, 6.45) is 7.56. The summed E-state index contributed by atoms with van der Waals surface area (Å²) in [5.41, 5.74) is 4.65. The first kappa shape index (κ1) is 34.6. The van der Waals surface area contributed by atoms with E-state index in [1.807, 2.05) is 81.8 Å². The minimum absolute atomic E-state index is 0.171. The zero-order valence-electron chi connectivity index (χ0n) is 28.9. The lowest BCUT2D eigenvalue weighted by Gasteiger charge is -2.32. The third-order valence-electron chi connectivity index (χ3n) is 9.26. The molecule has 2 aliphatic rings. The maximum atomic E-state index is 13.6. The number of aromatic nitrogens is 3. The first-order valence-corrected chi connectivity index (χ1v) is 18.0. The number of carbonyl (C=O) groups is 1. The summed E-state index contributed by atoms with van der Waals surface area (Å²) < 4.78 is 14.2. The van der Waals surface area contributed by atoms with Crippen LogP contribution >= 0.6 is 12.0 Å². The van der Waals surface area contributed by atoms with E-state index in [0.717, 1.165) is 59.7 Å². The number of aliphatic imine (C=N–C) groups is 1. The van der Waals surface area contributed by atoms with Gasteiger partial charge in [0.15, 0.2) is 11.5 Å². The molecule has 3 N–H and O–H groups in total. The standard InChI is InChI=1S/C37H46N8O3S/c1-37(2,3)32(38)21-33(39-25-11-8-10-24(20-25)23-47-49-5)41-36(46)40-29-16-17-31(28-13-7-6-12-27(28)29)48-26-15-18-34-42-43-35(45(34)22-26)30-14-9-19-44(30)4/h6-8,10-13,15,18,20,22,29-31,38H,9,14,16-17,19,21,23H2,1-5H3,(H2,39,40,41,46). The van der Waals surface area contributed by atoms with Crippen LogP contribution in [0.4, 0.5) is 10.5 Å². The van der Waals surface area contributed by atoms with Gasteiger partial charge in [-0.2, -0.15) is 0 Å². The highest BCUT2D eigenvalue weighted by Gasteiger charge is 2.31. The van der Waals surface area contributed by atoms with Gasteiger partial charge in [0.05, 0.1) is 30.6 Å². The number of carbonyl (C=O) groups excluding carboxylic acids is 1. The maximum absolute atomic E-state index is 13.6. The van der Waals surface area contributed by atoms with Gasteiger partial charge in [0.1, 0.15) is 17.7 Å². The number of urea groups is 1. The summed E-state index contributed by atoms with van der Waals surface area (Å²) in [6.45, 7) is 7.47. The molecule has 1 fully saturated rings. The highest BCUT2D eigenvalue weighted by Crippen LogP contribution is 2.39. The van der Waals surface area contributed by atoms with Gasteiger partial charge in [-0.15, -0.1) is 10.2 Å². The second-order valence-electron chi connectivity index (χ2n) is 13.8. The second-order valence-corrected chi connectivity index (χ2v) is 14.4. The van der Waals surface area contributed by atoms with Crippen molar-refractivity contribution in [2.24, 2.45) is 10.4 Å². The Hall–Kier alpha value is -4.26. The average Bonchev–Trinajstić information content (AvgIpc) is 3.69. The van der Waals surface area contributed by atoms with E-state index < -0.39 is 0 Å². The molecule has 11 nitrogen and oxygen atoms in total. The fraction of sp³-hybridized carbons (Fsp3) is 0.432. The van der Waals surface area contributed by atoms with Crippen molar-refractivity contribution in [3.63, 3.8) is 0 Å². The van der Waals surface area contributed by atoms with Crippen LogP contribution in [0.5, 0.6) is 5.75 Å². The molecule has 1 saturated heterocycles. The van der Waals surface area contributed by atoms with Gasteiger partial charge in [-0.3, -0.25) is 14.6 Å². The van der Waals surface area contributed by atoms with Gasteiger partial charge in [0.2, 0.25) is 0 Å². The average molecular weight is 683 g/mol. The number of hydrogen-bond donors (Lipinski definition) is 3. The van der Waals surface area contributed by atoms with E-state index in [-0.39, 0.29) is 36.1 Å². The molecule has 1 aliphatic carbocycles. The number of rotatable bonds is 10. The zero-order chi connectivity index (χ0) is 34.5. The van der Waals surface area contributed by atoms with Crippen molar-refractivity contribution in [3.8, 4) is 5.75 Å². The minimum atomic E-state index is -0.363. The van der Waals surface area contributed by atoms with Crippen molar-refractivity contribution in [1.82, 2.24) is 30.1 Å². The van der Waals surface area contributed by atoms with Crippen LogP contribution in [0.1, 0.15) is 93.6 Å². The molecule has 1 aliphatic heterocycles. The lowest BCUT2D eigenvalue weighted by Crippen LogP contribution is -2.43. The first-order valence-electron chi connectivity index (χ1n) is 16.9. The van der Waals surface area contributed by atoms with E-state index in [9.17, 15) is 4.79 Å². The summed E-state index contributed by atoms with van der Waals surface area (Å²) in [5, 5.41) is 23.8. The Morgan fingerprint density at radius 3 is 2.63 bits per heavy atom. The molecule has 0 bridgehead atoms. The van der Waals surface area contributed by atoms with Crippen LogP contribution in [0.3, 0.4) is 0 Å². The number of benzene rings is 2. The summed E-state index contributed by atoms with van der Waals surface area (Å²) in [7, 11) is 2.13. The van der Waals surface area contributed by atoms with E-state index in [2.05, 4.69) is 49.3 Å². The molecule has 2 aromatic carbocycles. The molecule has 6 rings (SSSR count). The lowest BCUT2D eigenvalue weighted by atomic mass is 9.85. The Morgan fingerprint density at radius 2 is 1.88 bits per heavy atom. The molecular formula is C37H46N8O3S. The van der Waals surface area contributed by atoms with Gasteiger partial charge in [0.25, 0.3) is 0 Å². The molecular weight excluding hydrogens is 637 g/mol. The van der Waals surface area contributed by atoms with Crippen LogP contribution in [-0.2, 0) is 10.8 Å². The Morgan fingerprint density at radius 1 is 1.06 bits per heavy atom. The maximum Gasteiger partial charge on any atom is 0.320 e. The first-order chi connectivity index (χ1) is 23.6. The number of hydrogen-bond acceptors (Lipinski definition) is 9. The number of fused-ring (bicyclic) bond motifs is 2. The van der Waals surface area contributed by atoms with Crippen LogP contribution in [0.25, 0.3) is 5.65 Å². The largest absolute Gasteiger partial charge is 0.484 e. The molecule has 2 amide bonds. The Labute approximate surface area is 292 Å². The SMILES string of the molecule is CSOCc1cccc(N=C(CC(=N)C(C)(C)C)NC(=O)NC2CCC(Oc3ccc4nnc(C5CCCN5C)n4c3)c3ccccc32)c1. The minimum Gasteiger partial charge on any atom is -0.484 e. The van der Waals surface area contributed by atoms with E-state index >= 15 is 0 Å². The van der Waals surface area contributed by atoms with E-state index in [4.69, 9.17) is 19.3 Å². The molecule has 0 radical (unpaired) electrons. The fourth-order valence-electron chi connectivity index (χ4n) is 6.48. The van der Waals surface area contributed by atoms with Crippen molar-refractivity contribution >= 4 is 41.0 Å². The second kappa shape index (κ2) is 15.1. The number of likely N-dealkylation sites (tertiary alicyclic amines) is 1. The zero-order valence-corrected chi connectivity index (χ0v) is 29.7. The van der Waals surface area contributed by atoms with Crippen LogP contribution in [0, 0.1) is 10.8 Å². The van der Waals surface area contributed by atoms with E-state index in [0.29, 0.717) is 30.3 Å². The predicted octanol–water partition coefficient (Wildman–Crippen LogP) is 7.73. The van der Waals surface area contributed by atoms with Crippen molar-refractivity contribution in [1.29, 1.82) is 5.41 Å². The Balaban J connectivity index is 1.17. The Kier molecular flexibility index (Phi) is 10.7. The molecule has 258 valence electrons. The third kappa shape index (κ3) is 8.31. The van der Waals surface area contributed by atoms with Gasteiger partial charge >= 0.3 is 6.03 Å². The van der Waals surface area contributed by atoms with Crippen molar-refractivity contribution < 1.29 is 13.7 Å². The summed E-state index contributed by atoms with van der Waals surface area (Å²) >= 11 is 1.31. The van der Waals surface area contributed by atoms with Gasteiger partial charge < -0.3 is 19.6 Å². The lowest BCUT2D eigenvalue weighted by molar-refractivity contribution is 0.171. The van der Waals surface area contributed by atoms with Gasteiger partial charge in [-0.05, 0) is 97.7 Å². The highest BCUT2D eigenvalue weighted by atomic mass is 32.2. The highest BCUT2D eigenvalue weighted by molar-refractivity contribution is 7.93. The fourth-order valence-corrected chi connectivity index (χ4v) is 6.73. The van der Waals surface area contributed by atoms with Crippen molar-refractivity contribution in [2.45, 2.75) is 77.7 Å². The molecule has 2 aromatic heterocycles. The molecule has 0 spiro atoms.